The average molecular weight is 358 g/mol. The van der Waals surface area contributed by atoms with Gasteiger partial charge in [-0.25, -0.2) is 0 Å². The Kier molecular flexibility index (Phi) is 3.20. The van der Waals surface area contributed by atoms with Crippen LogP contribution >= 0.6 is 11.3 Å². The molecule has 5 nitrogen and oxygen atoms in total. The minimum Gasteiger partial charge on any atom is -0.415 e. The summed E-state index contributed by atoms with van der Waals surface area (Å²) in [7, 11) is 0. The highest BCUT2D eigenvalue weighted by Gasteiger charge is 2.32. The van der Waals surface area contributed by atoms with E-state index in [-0.39, 0.29) is 11.6 Å². The van der Waals surface area contributed by atoms with Gasteiger partial charge in [-0.2, -0.15) is 0 Å². The third-order valence-corrected chi connectivity index (χ3v) is 5.38. The summed E-state index contributed by atoms with van der Waals surface area (Å²) in [4.78, 5) is 26.5. The fraction of sp³-hybridized carbons (Fsp3) is 0. The highest BCUT2D eigenvalue weighted by atomic mass is 32.1. The van der Waals surface area contributed by atoms with Gasteiger partial charge in [0.15, 0.2) is 5.78 Å². The summed E-state index contributed by atoms with van der Waals surface area (Å²) < 4.78 is 5.75. The molecule has 124 valence electrons. The number of fused-ring (bicyclic) bond motifs is 2. The lowest BCUT2D eigenvalue weighted by atomic mass is 9.89. The first-order valence-electron chi connectivity index (χ1n) is 7.94. The van der Waals surface area contributed by atoms with Crippen molar-refractivity contribution in [3.05, 3.63) is 82.2 Å². The molecular formula is C20H10N2O3S. The molecule has 0 aliphatic heterocycles. The molecule has 0 saturated carbocycles. The number of aromatic nitrogens is 2. The Hall–Kier alpha value is -3.38. The van der Waals surface area contributed by atoms with E-state index in [1.165, 1.54) is 11.3 Å². The first-order chi connectivity index (χ1) is 12.7. The van der Waals surface area contributed by atoms with Crippen molar-refractivity contribution in [1.82, 2.24) is 10.2 Å². The molecular weight excluding hydrogens is 348 g/mol. The van der Waals surface area contributed by atoms with Gasteiger partial charge < -0.3 is 4.42 Å². The maximum absolute atomic E-state index is 12.7. The van der Waals surface area contributed by atoms with Crippen molar-refractivity contribution < 1.29 is 14.0 Å². The molecule has 1 aliphatic rings. The predicted octanol–water partition coefficient (Wildman–Crippen LogP) is 4.24. The molecule has 0 N–H and O–H groups in total. The van der Waals surface area contributed by atoms with Crippen molar-refractivity contribution in [2.24, 2.45) is 0 Å². The van der Waals surface area contributed by atoms with Gasteiger partial charge in [-0.1, -0.05) is 42.5 Å². The summed E-state index contributed by atoms with van der Waals surface area (Å²) in [5.41, 5.74) is 2.08. The maximum Gasteiger partial charge on any atom is 0.258 e. The van der Waals surface area contributed by atoms with Crippen molar-refractivity contribution >= 4 is 22.9 Å². The Bertz CT molecular complexity index is 1120. The van der Waals surface area contributed by atoms with Gasteiger partial charge >= 0.3 is 0 Å². The molecule has 6 heteroatoms. The smallest absolute Gasteiger partial charge is 0.258 e. The molecule has 4 aromatic rings. The van der Waals surface area contributed by atoms with Crippen LogP contribution in [0, 0.1) is 0 Å². The Morgan fingerprint density at radius 2 is 1.38 bits per heavy atom. The molecule has 0 saturated heterocycles. The van der Waals surface area contributed by atoms with E-state index in [4.69, 9.17) is 4.42 Å². The van der Waals surface area contributed by atoms with E-state index in [1.54, 1.807) is 30.3 Å². The van der Waals surface area contributed by atoms with Crippen molar-refractivity contribution in [3.63, 3.8) is 0 Å². The highest BCUT2D eigenvalue weighted by molar-refractivity contribution is 7.18. The first-order valence-corrected chi connectivity index (χ1v) is 8.75. The Balaban J connectivity index is 1.59. The molecule has 0 unspecified atom stereocenters. The largest absolute Gasteiger partial charge is 0.415 e. The second-order valence-electron chi connectivity index (χ2n) is 5.84. The van der Waals surface area contributed by atoms with E-state index in [9.17, 15) is 9.59 Å². The van der Waals surface area contributed by atoms with Gasteiger partial charge in [0.25, 0.3) is 5.89 Å². The van der Waals surface area contributed by atoms with Gasteiger partial charge in [-0.15, -0.1) is 21.5 Å². The Morgan fingerprint density at radius 1 is 0.731 bits per heavy atom. The average Bonchev–Trinajstić information content (AvgIpc) is 3.34. The van der Waals surface area contributed by atoms with Gasteiger partial charge in [0.1, 0.15) is 0 Å². The van der Waals surface area contributed by atoms with Crippen molar-refractivity contribution in [2.75, 3.05) is 0 Å². The van der Waals surface area contributed by atoms with Crippen LogP contribution in [0.15, 0.2) is 65.1 Å². The monoisotopic (exact) mass is 358 g/mol. The molecule has 2 heterocycles. The Labute approximate surface area is 151 Å². The Morgan fingerprint density at radius 3 is 2.15 bits per heavy atom. The van der Waals surface area contributed by atoms with Crippen LogP contribution in [0.3, 0.4) is 0 Å². The van der Waals surface area contributed by atoms with Crippen molar-refractivity contribution in [2.45, 2.75) is 0 Å². The number of thiophene rings is 1. The van der Waals surface area contributed by atoms with E-state index in [1.807, 2.05) is 30.3 Å². The molecule has 0 spiro atoms. The fourth-order valence-corrected chi connectivity index (χ4v) is 4.03. The maximum atomic E-state index is 12.7. The van der Waals surface area contributed by atoms with Gasteiger partial charge in [-0.3, -0.25) is 9.59 Å². The first kappa shape index (κ1) is 14.9. The molecule has 2 aromatic carbocycles. The number of rotatable bonds is 2. The third-order valence-electron chi connectivity index (χ3n) is 4.26. The number of hydrogen-bond acceptors (Lipinski definition) is 6. The minimum absolute atomic E-state index is 0.144. The van der Waals surface area contributed by atoms with E-state index in [0.717, 1.165) is 5.56 Å². The van der Waals surface area contributed by atoms with Crippen LogP contribution in [0.5, 0.6) is 0 Å². The summed E-state index contributed by atoms with van der Waals surface area (Å²) in [5.74, 6) is 0.399. The number of benzene rings is 2. The summed E-state index contributed by atoms with van der Waals surface area (Å²) in [6, 6.07) is 18.0. The molecule has 1 aliphatic carbocycles. The standard InChI is InChI=1S/C20H10N2O3S/c23-16-12-8-4-5-9-13(12)17(24)18-14(16)10-15(26-18)20-22-21-19(25-20)11-6-2-1-3-7-11/h1-10H. The molecule has 0 bridgehead atoms. The molecule has 0 fully saturated rings. The van der Waals surface area contributed by atoms with E-state index in [2.05, 4.69) is 10.2 Å². The number of nitrogens with zero attached hydrogens (tertiary/aromatic N) is 2. The molecule has 2 aromatic heterocycles. The second kappa shape index (κ2) is 5.57. The highest BCUT2D eigenvalue weighted by Crippen LogP contribution is 2.37. The molecule has 0 amide bonds. The van der Waals surface area contributed by atoms with E-state index in [0.29, 0.717) is 38.2 Å². The number of carbonyl (C=O) groups excluding carboxylic acids is 2. The summed E-state index contributed by atoms with van der Waals surface area (Å²) in [5, 5.41) is 8.14. The lowest BCUT2D eigenvalue weighted by Gasteiger charge is -2.12. The van der Waals surface area contributed by atoms with Gasteiger partial charge in [0.2, 0.25) is 11.7 Å². The van der Waals surface area contributed by atoms with Crippen LogP contribution in [-0.2, 0) is 0 Å². The predicted molar refractivity (Wildman–Crippen MR) is 96.4 cm³/mol. The van der Waals surface area contributed by atoms with Crippen LogP contribution in [0.4, 0.5) is 0 Å². The van der Waals surface area contributed by atoms with E-state index < -0.39 is 0 Å². The van der Waals surface area contributed by atoms with Crippen LogP contribution in [-0.4, -0.2) is 21.8 Å². The molecule has 0 atom stereocenters. The zero-order valence-electron chi connectivity index (χ0n) is 13.3. The molecule has 5 rings (SSSR count). The van der Waals surface area contributed by atoms with Gasteiger partial charge in [0.05, 0.1) is 9.75 Å². The van der Waals surface area contributed by atoms with Crippen LogP contribution in [0.1, 0.15) is 31.2 Å². The lowest BCUT2D eigenvalue weighted by Crippen LogP contribution is -2.18. The van der Waals surface area contributed by atoms with Gasteiger partial charge in [-0.05, 0) is 18.2 Å². The van der Waals surface area contributed by atoms with Crippen LogP contribution in [0.2, 0.25) is 0 Å². The fourth-order valence-electron chi connectivity index (χ4n) is 3.00. The summed E-state index contributed by atoms with van der Waals surface area (Å²) in [6.45, 7) is 0. The number of carbonyl (C=O) groups is 2. The number of ketones is 2. The lowest BCUT2D eigenvalue weighted by molar-refractivity contribution is 0.0982. The summed E-state index contributed by atoms with van der Waals surface area (Å²) >= 11 is 1.21. The van der Waals surface area contributed by atoms with E-state index >= 15 is 0 Å². The van der Waals surface area contributed by atoms with Crippen LogP contribution < -0.4 is 0 Å². The minimum atomic E-state index is -0.152. The second-order valence-corrected chi connectivity index (χ2v) is 6.89. The topological polar surface area (TPSA) is 73.1 Å². The molecule has 26 heavy (non-hydrogen) atoms. The van der Waals surface area contributed by atoms with Gasteiger partial charge in [0, 0.05) is 22.3 Å². The van der Waals surface area contributed by atoms with Crippen molar-refractivity contribution in [3.8, 4) is 22.2 Å². The zero-order valence-corrected chi connectivity index (χ0v) is 14.1. The summed E-state index contributed by atoms with van der Waals surface area (Å²) in [6.07, 6.45) is 0. The molecule has 0 radical (unpaired) electrons. The quantitative estimate of drug-likeness (QED) is 0.472. The SMILES string of the molecule is O=C1c2ccccc2C(=O)c2sc(-c3nnc(-c4ccccc4)o3)cc21. The third kappa shape index (κ3) is 2.16. The normalized spacial score (nSPS) is 12.8. The van der Waals surface area contributed by atoms with Crippen LogP contribution in [0.25, 0.3) is 22.2 Å². The zero-order chi connectivity index (χ0) is 17.7. The van der Waals surface area contributed by atoms with Crippen molar-refractivity contribution in [1.29, 1.82) is 0 Å². The number of hydrogen-bond donors (Lipinski definition) is 0.